The highest BCUT2D eigenvalue weighted by molar-refractivity contribution is 7.18. The smallest absolute Gasteiger partial charge is 0.262 e. The Bertz CT molecular complexity index is 1120. The van der Waals surface area contributed by atoms with E-state index in [1.165, 1.54) is 16.9 Å². The quantitative estimate of drug-likeness (QED) is 0.663. The largest absolute Gasteiger partial charge is 0.372 e. The lowest BCUT2D eigenvalue weighted by Crippen LogP contribution is -2.51. The van der Waals surface area contributed by atoms with Crippen molar-refractivity contribution in [2.24, 2.45) is 5.92 Å². The monoisotopic (exact) mass is 486 g/mol. The molecule has 0 spiro atoms. The molecule has 0 radical (unpaired) electrons. The van der Waals surface area contributed by atoms with Gasteiger partial charge >= 0.3 is 0 Å². The molecular weight excluding hydrogens is 452 g/mol. The number of likely N-dealkylation sites (tertiary alicyclic amines) is 1. The molecule has 8 nitrogen and oxygen atoms in total. The van der Waals surface area contributed by atoms with Crippen molar-refractivity contribution in [3.8, 4) is 0 Å². The second-order valence-electron chi connectivity index (χ2n) is 10.0. The van der Waals surface area contributed by atoms with E-state index in [0.717, 1.165) is 29.5 Å². The maximum absolute atomic E-state index is 13.1. The molecule has 2 amide bonds. The molecular formula is C25H34N4O4S. The first-order valence-corrected chi connectivity index (χ1v) is 13.4. The van der Waals surface area contributed by atoms with Gasteiger partial charge in [-0.3, -0.25) is 19.0 Å². The minimum absolute atomic E-state index is 0.0181. The average Bonchev–Trinajstić information content (AvgIpc) is 3.22. The SMILES string of the molecule is C[C@@H]1CN(C(=O)C2CCN(C(=O)CCn3cnc4sc5c(c4c3=O)CCCC5)CC2)C[C@H](C)O1. The van der Waals surface area contributed by atoms with Crippen LogP contribution in [0.4, 0.5) is 0 Å². The number of fused-ring (bicyclic) bond motifs is 3. The molecule has 0 unspecified atom stereocenters. The topological polar surface area (TPSA) is 84.7 Å². The fourth-order valence-corrected chi connectivity index (χ4v) is 6.93. The van der Waals surface area contributed by atoms with Crippen LogP contribution in [0.2, 0.25) is 0 Å². The Morgan fingerprint density at radius 2 is 1.79 bits per heavy atom. The maximum Gasteiger partial charge on any atom is 0.262 e. The van der Waals surface area contributed by atoms with E-state index >= 15 is 0 Å². The number of morpholine rings is 1. The molecule has 4 heterocycles. The summed E-state index contributed by atoms with van der Waals surface area (Å²) in [5.41, 5.74) is 1.16. The molecule has 1 aliphatic carbocycles. The Morgan fingerprint density at radius 3 is 2.53 bits per heavy atom. The van der Waals surface area contributed by atoms with Crippen LogP contribution in [0.25, 0.3) is 10.2 Å². The van der Waals surface area contributed by atoms with Gasteiger partial charge in [0.2, 0.25) is 11.8 Å². The van der Waals surface area contributed by atoms with Crippen molar-refractivity contribution in [2.45, 2.75) is 77.5 Å². The highest BCUT2D eigenvalue weighted by Crippen LogP contribution is 2.33. The van der Waals surface area contributed by atoms with Crippen molar-refractivity contribution < 1.29 is 14.3 Å². The van der Waals surface area contributed by atoms with Gasteiger partial charge < -0.3 is 14.5 Å². The zero-order valence-corrected chi connectivity index (χ0v) is 20.9. The number of hydrogen-bond donors (Lipinski definition) is 0. The number of piperidine rings is 1. The van der Waals surface area contributed by atoms with Gasteiger partial charge in [-0.25, -0.2) is 4.98 Å². The number of nitrogens with zero attached hydrogens (tertiary/aromatic N) is 4. The lowest BCUT2D eigenvalue weighted by Gasteiger charge is -2.39. The van der Waals surface area contributed by atoms with Crippen LogP contribution in [0.3, 0.4) is 0 Å². The van der Waals surface area contributed by atoms with Crippen molar-refractivity contribution in [3.05, 3.63) is 27.1 Å². The number of amides is 2. The number of hydrogen-bond acceptors (Lipinski definition) is 6. The number of rotatable bonds is 4. The van der Waals surface area contributed by atoms with E-state index in [1.54, 1.807) is 22.2 Å². The number of carbonyl (C=O) groups is 2. The van der Waals surface area contributed by atoms with Gasteiger partial charge in [-0.2, -0.15) is 0 Å². The number of thiophene rings is 1. The maximum atomic E-state index is 13.1. The third kappa shape index (κ3) is 4.64. The van der Waals surface area contributed by atoms with Gasteiger partial charge in [0.15, 0.2) is 0 Å². The zero-order valence-electron chi connectivity index (χ0n) is 20.1. The fourth-order valence-electron chi connectivity index (χ4n) is 5.71. The summed E-state index contributed by atoms with van der Waals surface area (Å²) in [7, 11) is 0. The summed E-state index contributed by atoms with van der Waals surface area (Å²) in [5, 5.41) is 0.765. The van der Waals surface area contributed by atoms with Crippen molar-refractivity contribution >= 4 is 33.4 Å². The number of ether oxygens (including phenoxy) is 1. The van der Waals surface area contributed by atoms with Crippen molar-refractivity contribution in [1.82, 2.24) is 19.4 Å². The summed E-state index contributed by atoms with van der Waals surface area (Å²) in [6.45, 7) is 6.81. The first-order chi connectivity index (χ1) is 16.4. The third-order valence-electron chi connectivity index (χ3n) is 7.44. The van der Waals surface area contributed by atoms with Gasteiger partial charge in [-0.1, -0.05) is 0 Å². The second kappa shape index (κ2) is 9.77. The lowest BCUT2D eigenvalue weighted by atomic mass is 9.94. The summed E-state index contributed by atoms with van der Waals surface area (Å²) in [6, 6.07) is 0. The number of aryl methyl sites for hydroxylation is 3. The Balaban J connectivity index is 1.16. The molecule has 9 heteroatoms. The van der Waals surface area contributed by atoms with Gasteiger partial charge in [0.1, 0.15) is 4.83 Å². The molecule has 0 aromatic carbocycles. The normalized spacial score (nSPS) is 23.8. The van der Waals surface area contributed by atoms with E-state index < -0.39 is 0 Å². The molecule has 0 saturated carbocycles. The lowest BCUT2D eigenvalue weighted by molar-refractivity contribution is -0.150. The molecule has 0 N–H and O–H groups in total. The van der Waals surface area contributed by atoms with E-state index in [0.29, 0.717) is 45.6 Å². The van der Waals surface area contributed by atoms with Crippen LogP contribution in [0, 0.1) is 5.92 Å². The fraction of sp³-hybridized carbons (Fsp3) is 0.680. The van der Waals surface area contributed by atoms with Crippen LogP contribution in [-0.4, -0.2) is 69.6 Å². The van der Waals surface area contributed by atoms with Gasteiger partial charge in [0.25, 0.3) is 5.56 Å². The average molecular weight is 487 g/mol. The summed E-state index contributed by atoms with van der Waals surface area (Å²) in [4.78, 5) is 49.4. The van der Waals surface area contributed by atoms with Crippen LogP contribution < -0.4 is 5.56 Å². The van der Waals surface area contributed by atoms with Gasteiger partial charge in [-0.15, -0.1) is 11.3 Å². The van der Waals surface area contributed by atoms with E-state index in [-0.39, 0.29) is 41.9 Å². The number of carbonyl (C=O) groups excluding carboxylic acids is 2. The van der Waals surface area contributed by atoms with Crippen LogP contribution in [0.5, 0.6) is 0 Å². The van der Waals surface area contributed by atoms with E-state index in [9.17, 15) is 14.4 Å². The second-order valence-corrected chi connectivity index (χ2v) is 11.1. The highest BCUT2D eigenvalue weighted by atomic mass is 32.1. The Kier molecular flexibility index (Phi) is 6.75. The Morgan fingerprint density at radius 1 is 1.09 bits per heavy atom. The van der Waals surface area contributed by atoms with E-state index in [2.05, 4.69) is 4.98 Å². The molecule has 3 aliphatic rings. The molecule has 5 rings (SSSR count). The molecule has 2 aromatic rings. The minimum Gasteiger partial charge on any atom is -0.372 e. The molecule has 2 aliphatic heterocycles. The summed E-state index contributed by atoms with van der Waals surface area (Å²) in [5.74, 6) is 0.207. The highest BCUT2D eigenvalue weighted by Gasteiger charge is 2.33. The van der Waals surface area contributed by atoms with Crippen LogP contribution in [0.15, 0.2) is 11.1 Å². The van der Waals surface area contributed by atoms with Crippen LogP contribution in [-0.2, 0) is 33.7 Å². The zero-order chi connectivity index (χ0) is 23.8. The molecule has 2 saturated heterocycles. The predicted molar refractivity (Wildman–Crippen MR) is 131 cm³/mol. The first-order valence-electron chi connectivity index (χ1n) is 12.6. The summed E-state index contributed by atoms with van der Waals surface area (Å²) in [6.07, 6.45) is 7.66. The molecule has 0 bridgehead atoms. The molecule has 2 atom stereocenters. The van der Waals surface area contributed by atoms with E-state index in [4.69, 9.17) is 4.74 Å². The Labute approximate surface area is 203 Å². The van der Waals surface area contributed by atoms with Gasteiger partial charge in [0, 0.05) is 49.9 Å². The number of aromatic nitrogens is 2. The minimum atomic E-state index is -0.0273. The van der Waals surface area contributed by atoms with Crippen molar-refractivity contribution in [2.75, 3.05) is 26.2 Å². The molecule has 34 heavy (non-hydrogen) atoms. The standard InChI is InChI=1S/C25H34N4O4S/c1-16-13-29(14-17(2)33-16)24(31)18-7-10-27(11-8-18)21(30)9-12-28-15-26-23-22(25(28)32)19-5-3-4-6-20(19)34-23/h15-18H,3-14H2,1-2H3/t16-,17+. The van der Waals surface area contributed by atoms with Crippen LogP contribution >= 0.6 is 11.3 Å². The Hall–Kier alpha value is -2.26. The molecule has 2 fully saturated rings. The van der Waals surface area contributed by atoms with Gasteiger partial charge in [0.05, 0.1) is 23.9 Å². The summed E-state index contributed by atoms with van der Waals surface area (Å²) >= 11 is 1.64. The first kappa shape index (κ1) is 23.5. The predicted octanol–water partition coefficient (Wildman–Crippen LogP) is 2.60. The third-order valence-corrected chi connectivity index (χ3v) is 8.64. The van der Waals surface area contributed by atoms with Gasteiger partial charge in [-0.05, 0) is 57.9 Å². The molecule has 184 valence electrons. The van der Waals surface area contributed by atoms with Crippen molar-refractivity contribution in [1.29, 1.82) is 0 Å². The summed E-state index contributed by atoms with van der Waals surface area (Å²) < 4.78 is 7.34. The van der Waals surface area contributed by atoms with Crippen molar-refractivity contribution in [3.63, 3.8) is 0 Å². The molecule has 2 aromatic heterocycles. The van der Waals surface area contributed by atoms with Crippen LogP contribution in [0.1, 0.15) is 56.4 Å². The van der Waals surface area contributed by atoms with E-state index in [1.807, 2.05) is 23.6 Å².